The average Bonchev–Trinajstić information content (AvgIpc) is 3.03. The monoisotopic (exact) mass is 668 g/mol. The molecule has 0 bridgehead atoms. The Labute approximate surface area is 271 Å². The number of aliphatic imine (C=N–C) groups is 1. The summed E-state index contributed by atoms with van der Waals surface area (Å²) in [4.78, 5) is 30.5. The predicted molar refractivity (Wildman–Crippen MR) is 163 cm³/mol. The van der Waals surface area contributed by atoms with Crippen LogP contribution in [0.4, 0.5) is 0 Å². The molecule has 0 aromatic rings. The van der Waals surface area contributed by atoms with Gasteiger partial charge in [0.2, 0.25) is 12.1 Å². The van der Waals surface area contributed by atoms with Crippen molar-refractivity contribution in [3.8, 4) is 0 Å². The number of β-amino-alcohol motifs (C(OH)–C–C–N with tert-alkyl or cyclic N) is 1. The number of carboxylic acids is 1. The van der Waals surface area contributed by atoms with Crippen molar-refractivity contribution in [1.82, 2.24) is 10.2 Å². The minimum absolute atomic E-state index is 0.0390. The Morgan fingerprint density at radius 3 is 2.55 bits per heavy atom. The van der Waals surface area contributed by atoms with E-state index in [0.717, 1.165) is 6.26 Å². The summed E-state index contributed by atoms with van der Waals surface area (Å²) in [6.07, 6.45) is -1.51. The number of aliphatic hydroxyl groups excluding tert-OH is 3. The quantitative estimate of drug-likeness (QED) is 0.0347. The Hall–Kier alpha value is -3.81. The van der Waals surface area contributed by atoms with Crippen molar-refractivity contribution >= 4 is 17.9 Å². The molecule has 7 atom stereocenters. The van der Waals surface area contributed by atoms with Crippen molar-refractivity contribution in [2.45, 2.75) is 56.6 Å². The molecule has 0 aromatic carbocycles. The highest BCUT2D eigenvalue weighted by atomic mass is 16.8. The number of carbonyl (C=O) groups is 2. The number of hydrogen-bond donors (Lipinski definition) is 8. The van der Waals surface area contributed by atoms with Crippen LogP contribution in [-0.4, -0.2) is 137 Å². The molecule has 0 unspecified atom stereocenters. The summed E-state index contributed by atoms with van der Waals surface area (Å²) >= 11 is 0. The third-order valence-corrected chi connectivity index (χ3v) is 7.63. The average molecular weight is 669 g/mol. The molecule has 3 heterocycles. The maximum absolute atomic E-state index is 12.9. The van der Waals surface area contributed by atoms with Crippen LogP contribution < -0.4 is 11.1 Å². The molecule has 262 valence electrons. The number of hydrogen-bond acceptors (Lipinski definition) is 14. The predicted octanol–water partition coefficient (Wildman–Crippen LogP) is -1.99. The molecule has 0 saturated carbocycles. The maximum Gasteiger partial charge on any atom is 0.339 e. The number of nitrogens with two attached hydrogens (primary N) is 1. The van der Waals surface area contributed by atoms with E-state index in [-0.39, 0.29) is 42.5 Å². The largest absolute Gasteiger partial charge is 0.478 e. The number of aliphatic hydroxyl groups is 5. The zero-order valence-electron chi connectivity index (χ0n) is 26.6. The first-order valence-electron chi connectivity index (χ1n) is 14.7. The number of allylic oxidation sites excluding steroid dienone is 1. The molecule has 3 aliphatic heterocycles. The van der Waals surface area contributed by atoms with Gasteiger partial charge in [-0.3, -0.25) is 4.99 Å². The molecule has 17 nitrogen and oxygen atoms in total. The number of nitrogens with one attached hydrogen (secondary N) is 1. The Bertz CT molecular complexity index is 1310. The lowest BCUT2D eigenvalue weighted by Gasteiger charge is -2.48. The molecule has 0 radical (unpaired) electrons. The molecule has 1 saturated heterocycles. The van der Waals surface area contributed by atoms with Crippen LogP contribution in [0.25, 0.3) is 0 Å². The van der Waals surface area contributed by atoms with Crippen LogP contribution in [0.15, 0.2) is 64.7 Å². The van der Waals surface area contributed by atoms with E-state index >= 15 is 0 Å². The first-order chi connectivity index (χ1) is 22.2. The number of guanidine groups is 1. The Morgan fingerprint density at radius 1 is 1.30 bits per heavy atom. The molecule has 0 amide bonds. The molecule has 0 spiro atoms. The van der Waals surface area contributed by atoms with Crippen LogP contribution in [0.3, 0.4) is 0 Å². The molecule has 3 rings (SSSR count). The molecule has 17 heteroatoms. The summed E-state index contributed by atoms with van der Waals surface area (Å²) in [7, 11) is 2.60. The molecule has 0 aliphatic carbocycles. The van der Waals surface area contributed by atoms with Crippen LogP contribution in [0.1, 0.15) is 13.8 Å². The van der Waals surface area contributed by atoms with Gasteiger partial charge in [-0.05, 0) is 19.4 Å². The smallest absolute Gasteiger partial charge is 0.339 e. The topological polar surface area (TPSA) is 255 Å². The van der Waals surface area contributed by atoms with E-state index in [1.165, 1.54) is 26.4 Å². The Kier molecular flexibility index (Phi) is 13.1. The minimum atomic E-state index is -2.90. The van der Waals surface area contributed by atoms with Gasteiger partial charge in [-0.1, -0.05) is 18.2 Å². The van der Waals surface area contributed by atoms with E-state index in [0.29, 0.717) is 5.57 Å². The summed E-state index contributed by atoms with van der Waals surface area (Å²) < 4.78 is 28.1. The van der Waals surface area contributed by atoms with E-state index in [1.54, 1.807) is 30.9 Å². The van der Waals surface area contributed by atoms with Crippen LogP contribution in [0, 0.1) is 11.8 Å². The molecule has 3 aliphatic rings. The molecule has 9 N–H and O–H groups in total. The molecular weight excluding hydrogens is 624 g/mol. The highest BCUT2D eigenvalue weighted by Gasteiger charge is 2.57. The molecule has 47 heavy (non-hydrogen) atoms. The molecule has 1 fully saturated rings. The van der Waals surface area contributed by atoms with E-state index in [2.05, 4.69) is 16.9 Å². The van der Waals surface area contributed by atoms with E-state index < -0.39 is 73.2 Å². The summed E-state index contributed by atoms with van der Waals surface area (Å²) in [6.45, 7) is 6.31. The van der Waals surface area contributed by atoms with Crippen molar-refractivity contribution in [3.63, 3.8) is 0 Å². The fourth-order valence-corrected chi connectivity index (χ4v) is 5.28. The highest BCUT2D eigenvalue weighted by molar-refractivity contribution is 5.95. The Balaban J connectivity index is 2.07. The van der Waals surface area contributed by atoms with Crippen molar-refractivity contribution in [1.29, 1.82) is 0 Å². The number of aliphatic carboxylic acids is 1. The van der Waals surface area contributed by atoms with E-state index in [1.807, 2.05) is 0 Å². The lowest BCUT2D eigenvalue weighted by molar-refractivity contribution is -0.413. The molecular formula is C30H44N4O13. The third-order valence-electron chi connectivity index (χ3n) is 7.63. The van der Waals surface area contributed by atoms with Crippen molar-refractivity contribution in [2.24, 2.45) is 22.6 Å². The summed E-state index contributed by atoms with van der Waals surface area (Å²) in [5, 5.41) is 64.1. The van der Waals surface area contributed by atoms with Gasteiger partial charge in [-0.2, -0.15) is 0 Å². The Morgan fingerprint density at radius 2 is 2.00 bits per heavy atom. The number of nitrogens with zero attached hydrogens (tertiary/aromatic N) is 2. The lowest BCUT2D eigenvalue weighted by Crippen LogP contribution is -2.69. The highest BCUT2D eigenvalue weighted by Crippen LogP contribution is 2.38. The van der Waals surface area contributed by atoms with Crippen molar-refractivity contribution in [2.75, 3.05) is 40.5 Å². The van der Waals surface area contributed by atoms with Crippen LogP contribution >= 0.6 is 0 Å². The standard InChI is InChI=1S/C30H44N4O13/c1-6-17-18(8-7-16-11-34(9-10-35)12-19(25(38)39)22(16)33-29(31)32-4)20(26(40)43-5)14-44-27(17)47-28-24(45-15(2)3)30(41,42)23(37)21(13-36)46-28/h6-8,12,14-15,17-18,21,23-24,27-28,35-37,41-42H,1,9-11,13H2,2-5H3,(H,38,39)(H3,31,32,33)/b8-7+/t17-,18+,21-,23-,24+,27+,28+/m1/s1. The minimum Gasteiger partial charge on any atom is -0.478 e. The van der Waals surface area contributed by atoms with Crippen LogP contribution in [0.2, 0.25) is 0 Å². The maximum atomic E-state index is 12.9. The third kappa shape index (κ3) is 8.57. The second kappa shape index (κ2) is 16.3. The first kappa shape index (κ1) is 37.6. The van der Waals surface area contributed by atoms with E-state index in [4.69, 9.17) is 29.4 Å². The van der Waals surface area contributed by atoms with Gasteiger partial charge >= 0.3 is 11.9 Å². The molecule has 0 aromatic heterocycles. The van der Waals surface area contributed by atoms with Crippen LogP contribution in [0.5, 0.6) is 0 Å². The summed E-state index contributed by atoms with van der Waals surface area (Å²) in [5.41, 5.74) is 6.30. The second-order valence-corrected chi connectivity index (χ2v) is 11.1. The first-order valence-corrected chi connectivity index (χ1v) is 14.7. The van der Waals surface area contributed by atoms with Crippen LogP contribution in [-0.2, 0) is 33.3 Å². The van der Waals surface area contributed by atoms with Gasteiger partial charge in [0.15, 0.2) is 18.4 Å². The lowest BCUT2D eigenvalue weighted by atomic mass is 9.83. The van der Waals surface area contributed by atoms with E-state index in [9.17, 15) is 40.2 Å². The SMILES string of the molecule is C=C[C@H]1[C@H](O[C@@H]2O[C@H](CO)[C@@H](O)C(O)(O)[C@H]2OC(C)C)OC=C(C(=O)OC)[C@H]1/C=C/C1=C(NC(N)=NC)C(C(=O)O)=CN(CCO)C1. The van der Waals surface area contributed by atoms with Gasteiger partial charge in [0.05, 0.1) is 55.5 Å². The van der Waals surface area contributed by atoms with Crippen molar-refractivity contribution < 1.29 is 63.9 Å². The number of carbonyl (C=O) groups excluding carboxylic acids is 1. The van der Waals surface area contributed by atoms with Gasteiger partial charge in [0.1, 0.15) is 12.2 Å². The van der Waals surface area contributed by atoms with Crippen molar-refractivity contribution in [3.05, 3.63) is 59.7 Å². The zero-order valence-corrected chi connectivity index (χ0v) is 26.6. The zero-order chi connectivity index (χ0) is 35.1. The normalized spacial score (nSPS) is 29.7. The van der Waals surface area contributed by atoms with Gasteiger partial charge < -0.3 is 70.3 Å². The summed E-state index contributed by atoms with van der Waals surface area (Å²) in [5.74, 6) is -6.75. The van der Waals surface area contributed by atoms with Gasteiger partial charge in [-0.15, -0.1) is 6.58 Å². The number of methoxy groups -OCH3 is 1. The number of carboxylic acid groups (broad SMARTS) is 1. The number of ether oxygens (including phenoxy) is 5. The number of rotatable bonds is 13. The fraction of sp³-hybridized carbons (Fsp3) is 0.567. The number of esters is 1. The van der Waals surface area contributed by atoms with Gasteiger partial charge in [-0.25, -0.2) is 9.59 Å². The van der Waals surface area contributed by atoms with Gasteiger partial charge in [0.25, 0.3) is 0 Å². The fourth-order valence-electron chi connectivity index (χ4n) is 5.28. The van der Waals surface area contributed by atoms with Gasteiger partial charge in [0, 0.05) is 32.3 Å². The summed E-state index contributed by atoms with van der Waals surface area (Å²) in [6, 6.07) is 0. The second-order valence-electron chi connectivity index (χ2n) is 11.1.